The molecule has 0 heterocycles. The van der Waals surface area contributed by atoms with Crippen LogP contribution < -0.4 is 0 Å². The second-order valence-corrected chi connectivity index (χ2v) is 8.41. The van der Waals surface area contributed by atoms with E-state index in [0.29, 0.717) is 7.14 Å². The van der Waals surface area contributed by atoms with Crippen molar-refractivity contribution in [2.45, 2.75) is 0 Å². The van der Waals surface area contributed by atoms with Crippen molar-refractivity contribution in [1.29, 1.82) is 0 Å². The lowest BCUT2D eigenvalue weighted by Gasteiger charge is -2.05. The average Bonchev–Trinajstić information content (AvgIpc) is 2.73. The van der Waals surface area contributed by atoms with E-state index in [9.17, 15) is 29.8 Å². The highest BCUT2D eigenvalue weighted by atomic mass is 127. The summed E-state index contributed by atoms with van der Waals surface area (Å²) in [7, 11) is 0. The Kier molecular flexibility index (Phi) is 6.55. The van der Waals surface area contributed by atoms with Crippen molar-refractivity contribution in [1.82, 2.24) is 0 Å². The molecule has 150 valence electrons. The van der Waals surface area contributed by atoms with Gasteiger partial charge in [0.15, 0.2) is 11.6 Å². The summed E-state index contributed by atoms with van der Waals surface area (Å²) in [6.07, 6.45) is 0. The summed E-state index contributed by atoms with van der Waals surface area (Å²) in [5.74, 6) is -0.836. The second kappa shape index (κ2) is 8.95. The number of rotatable bonds is 6. The summed E-state index contributed by atoms with van der Waals surface area (Å²) in [5, 5.41) is 22.2. The van der Waals surface area contributed by atoms with E-state index in [1.54, 1.807) is 0 Å². The van der Waals surface area contributed by atoms with Gasteiger partial charge in [-0.3, -0.25) is 29.8 Å². The van der Waals surface area contributed by atoms with Gasteiger partial charge < -0.3 is 0 Å². The summed E-state index contributed by atoms with van der Waals surface area (Å²) < 4.78 is 0.836. The monoisotopic (exact) mass is 628 g/mol. The Morgan fingerprint density at radius 2 is 0.900 bits per heavy atom. The summed E-state index contributed by atoms with van der Waals surface area (Å²) in [6.45, 7) is 0. The van der Waals surface area contributed by atoms with Crippen molar-refractivity contribution in [3.63, 3.8) is 0 Å². The molecular formula is C20H10I2N2O6. The van der Waals surface area contributed by atoms with Crippen molar-refractivity contribution in [2.24, 2.45) is 0 Å². The molecule has 0 aliphatic heterocycles. The minimum Gasteiger partial charge on any atom is -0.289 e. The third kappa shape index (κ3) is 4.53. The number of halogens is 2. The number of hydrogen-bond donors (Lipinski definition) is 0. The van der Waals surface area contributed by atoms with E-state index < -0.39 is 21.4 Å². The highest BCUT2D eigenvalue weighted by Crippen LogP contribution is 2.25. The van der Waals surface area contributed by atoms with Crippen LogP contribution in [0.15, 0.2) is 60.7 Å². The Labute approximate surface area is 196 Å². The van der Waals surface area contributed by atoms with E-state index in [2.05, 4.69) is 0 Å². The molecule has 0 atom stereocenters. The molecule has 0 amide bonds. The number of nitro groups is 2. The molecular weight excluding hydrogens is 618 g/mol. The van der Waals surface area contributed by atoms with Crippen LogP contribution in [-0.2, 0) is 0 Å². The molecule has 0 spiro atoms. The predicted molar refractivity (Wildman–Crippen MR) is 125 cm³/mol. The Bertz CT molecular complexity index is 1110. The first kappa shape index (κ1) is 22.0. The van der Waals surface area contributed by atoms with Gasteiger partial charge in [-0.25, -0.2) is 0 Å². The Hall–Kier alpha value is -2.74. The first-order valence-corrected chi connectivity index (χ1v) is 10.4. The van der Waals surface area contributed by atoms with Gasteiger partial charge in [-0.1, -0.05) is 24.3 Å². The fraction of sp³-hybridized carbons (Fsp3) is 0. The minimum absolute atomic E-state index is 0.159. The van der Waals surface area contributed by atoms with E-state index in [4.69, 9.17) is 0 Å². The molecule has 0 fully saturated rings. The Balaban J connectivity index is 1.88. The molecule has 0 saturated heterocycles. The highest BCUT2D eigenvalue weighted by molar-refractivity contribution is 14.1. The second-order valence-electron chi connectivity index (χ2n) is 6.08. The quantitative estimate of drug-likeness (QED) is 0.161. The maximum absolute atomic E-state index is 12.7. The van der Waals surface area contributed by atoms with Gasteiger partial charge in [-0.2, -0.15) is 0 Å². The first-order chi connectivity index (χ1) is 14.2. The van der Waals surface area contributed by atoms with Crippen molar-refractivity contribution in [3.05, 3.63) is 110 Å². The van der Waals surface area contributed by atoms with Crippen LogP contribution in [0.3, 0.4) is 0 Å². The van der Waals surface area contributed by atoms with Gasteiger partial charge >= 0.3 is 0 Å². The van der Waals surface area contributed by atoms with Gasteiger partial charge in [0.25, 0.3) is 11.4 Å². The summed E-state index contributed by atoms with van der Waals surface area (Å²) >= 11 is 3.65. The van der Waals surface area contributed by atoms with Crippen molar-refractivity contribution >= 4 is 68.1 Å². The predicted octanol–water partition coefficient (Wildman–Crippen LogP) is 5.17. The van der Waals surface area contributed by atoms with E-state index >= 15 is 0 Å². The van der Waals surface area contributed by atoms with Gasteiger partial charge in [0.05, 0.1) is 17.0 Å². The zero-order valence-corrected chi connectivity index (χ0v) is 19.2. The molecule has 0 saturated carbocycles. The fourth-order valence-corrected chi connectivity index (χ4v) is 3.76. The maximum atomic E-state index is 12.7. The molecule has 0 aliphatic carbocycles. The van der Waals surface area contributed by atoms with Crippen LogP contribution in [-0.4, -0.2) is 21.4 Å². The lowest BCUT2D eigenvalue weighted by Crippen LogP contribution is -2.06. The number of hydrogen-bond acceptors (Lipinski definition) is 6. The van der Waals surface area contributed by atoms with Gasteiger partial charge in [-0.15, -0.1) is 0 Å². The number of nitro benzene ring substituents is 2. The zero-order chi connectivity index (χ0) is 22.0. The fourth-order valence-electron chi connectivity index (χ4n) is 2.69. The number of benzene rings is 3. The molecule has 30 heavy (non-hydrogen) atoms. The molecule has 3 rings (SSSR count). The van der Waals surface area contributed by atoms with E-state index in [0.717, 1.165) is 0 Å². The van der Waals surface area contributed by atoms with Crippen LogP contribution in [0, 0.1) is 27.4 Å². The van der Waals surface area contributed by atoms with Crippen molar-refractivity contribution < 1.29 is 19.4 Å². The maximum Gasteiger partial charge on any atom is 0.283 e. The molecule has 0 radical (unpaired) electrons. The Morgan fingerprint density at radius 3 is 1.20 bits per heavy atom. The summed E-state index contributed by atoms with van der Waals surface area (Å²) in [5.41, 5.74) is 0.525. The molecule has 10 heteroatoms. The van der Waals surface area contributed by atoms with Crippen LogP contribution in [0.4, 0.5) is 11.4 Å². The third-order valence-corrected chi connectivity index (χ3v) is 6.04. The van der Waals surface area contributed by atoms with Gasteiger partial charge in [0.1, 0.15) is 0 Å². The molecule has 3 aromatic carbocycles. The van der Waals surface area contributed by atoms with Gasteiger partial charge in [0.2, 0.25) is 0 Å². The molecule has 0 aliphatic rings. The highest BCUT2D eigenvalue weighted by Gasteiger charge is 2.19. The Morgan fingerprint density at radius 1 is 0.600 bits per heavy atom. The lowest BCUT2D eigenvalue weighted by molar-refractivity contribution is -0.386. The number of carbonyl (C=O) groups is 2. The van der Waals surface area contributed by atoms with Gasteiger partial charge in [0, 0.05) is 34.4 Å². The van der Waals surface area contributed by atoms with E-state index in [1.807, 2.05) is 45.2 Å². The van der Waals surface area contributed by atoms with Crippen LogP contribution in [0.2, 0.25) is 0 Å². The molecule has 0 bridgehead atoms. The topological polar surface area (TPSA) is 120 Å². The average molecular weight is 628 g/mol. The number of ketones is 2. The van der Waals surface area contributed by atoms with Gasteiger partial charge in [-0.05, 0) is 69.4 Å². The van der Waals surface area contributed by atoms with Crippen LogP contribution in [0.5, 0.6) is 0 Å². The third-order valence-electron chi connectivity index (χ3n) is 4.22. The standard InChI is InChI=1S/C20H10I2N2O6/c21-15-7-5-13(9-17(15)23(27)28)19(25)11-1-2-12(4-3-11)20(26)14-6-8-16(22)18(10-14)24(29)30/h1-10H. The molecule has 0 unspecified atom stereocenters. The molecule has 0 N–H and O–H groups in total. The van der Waals surface area contributed by atoms with E-state index in [1.165, 1.54) is 60.7 Å². The van der Waals surface area contributed by atoms with Crippen LogP contribution >= 0.6 is 45.2 Å². The summed E-state index contributed by atoms with van der Waals surface area (Å²) in [6, 6.07) is 14.2. The van der Waals surface area contributed by atoms with Crippen molar-refractivity contribution in [3.8, 4) is 0 Å². The minimum atomic E-state index is -0.555. The molecule has 8 nitrogen and oxygen atoms in total. The lowest BCUT2D eigenvalue weighted by atomic mass is 9.98. The molecule has 3 aromatic rings. The van der Waals surface area contributed by atoms with E-state index in [-0.39, 0.29) is 33.6 Å². The first-order valence-electron chi connectivity index (χ1n) is 8.26. The SMILES string of the molecule is O=C(c1ccc(C(=O)c2ccc(I)c([N+](=O)[O-])c2)cc1)c1ccc(I)c([N+](=O)[O-])c1. The van der Waals surface area contributed by atoms with Crippen LogP contribution in [0.1, 0.15) is 31.8 Å². The normalized spacial score (nSPS) is 10.5. The largest absolute Gasteiger partial charge is 0.289 e. The molecule has 0 aromatic heterocycles. The zero-order valence-electron chi connectivity index (χ0n) is 14.9. The number of nitrogens with zero attached hydrogens (tertiary/aromatic N) is 2. The summed E-state index contributed by atoms with van der Waals surface area (Å²) in [4.78, 5) is 46.4. The van der Waals surface area contributed by atoms with Crippen molar-refractivity contribution in [2.75, 3.05) is 0 Å². The smallest absolute Gasteiger partial charge is 0.283 e. The van der Waals surface area contributed by atoms with Crippen LogP contribution in [0.25, 0.3) is 0 Å². The number of carbonyl (C=O) groups excluding carboxylic acids is 2.